The van der Waals surface area contributed by atoms with E-state index >= 15 is 0 Å². The van der Waals surface area contributed by atoms with Crippen molar-refractivity contribution in [2.75, 3.05) is 10.7 Å². The summed E-state index contributed by atoms with van der Waals surface area (Å²) in [6, 6.07) is 10.0. The number of hydrogen-bond donors (Lipinski definition) is 1. The van der Waals surface area contributed by atoms with Crippen LogP contribution in [0.4, 0.5) is 5.69 Å². The van der Waals surface area contributed by atoms with Gasteiger partial charge in [-0.1, -0.05) is 12.1 Å². The number of anilines is 1. The molecule has 0 saturated carbocycles. The lowest BCUT2D eigenvalue weighted by atomic mass is 10.1. The van der Waals surface area contributed by atoms with Gasteiger partial charge in [-0.3, -0.25) is 4.79 Å². The molecule has 1 aliphatic heterocycles. The zero-order valence-corrected chi connectivity index (χ0v) is 13.7. The minimum absolute atomic E-state index is 0.0214. The average molecular weight is 324 g/mol. The highest BCUT2D eigenvalue weighted by atomic mass is 32.2. The summed E-state index contributed by atoms with van der Waals surface area (Å²) >= 11 is 1.79. The molecule has 1 atom stereocenters. The molecule has 1 aromatic carbocycles. The number of fused-ring (bicyclic) bond motifs is 2. The van der Waals surface area contributed by atoms with Gasteiger partial charge in [0.1, 0.15) is 5.82 Å². The molecule has 4 rings (SSSR count). The molecule has 116 valence electrons. The predicted octanol–water partition coefficient (Wildman–Crippen LogP) is 3.41. The first kappa shape index (κ1) is 14.3. The van der Waals surface area contributed by atoms with Gasteiger partial charge in [-0.2, -0.15) is 0 Å². The zero-order chi connectivity index (χ0) is 16.0. The van der Waals surface area contributed by atoms with Crippen molar-refractivity contribution in [3.8, 4) is 0 Å². The van der Waals surface area contributed by atoms with E-state index in [1.807, 2.05) is 36.1 Å². The largest absolute Gasteiger partial charge is 0.341 e. The van der Waals surface area contributed by atoms with Crippen molar-refractivity contribution in [1.29, 1.82) is 0 Å². The van der Waals surface area contributed by atoms with Gasteiger partial charge in [0.15, 0.2) is 5.65 Å². The number of rotatable bonds is 1. The van der Waals surface area contributed by atoms with E-state index in [-0.39, 0.29) is 11.9 Å². The summed E-state index contributed by atoms with van der Waals surface area (Å²) < 4.78 is 0. The highest BCUT2D eigenvalue weighted by Gasteiger charge is 2.29. The van der Waals surface area contributed by atoms with Gasteiger partial charge in [0.05, 0.1) is 16.8 Å². The van der Waals surface area contributed by atoms with Crippen molar-refractivity contribution >= 4 is 34.5 Å². The van der Waals surface area contributed by atoms with Crippen LogP contribution in [-0.2, 0) is 0 Å². The van der Waals surface area contributed by atoms with Gasteiger partial charge in [-0.15, -0.1) is 11.8 Å². The number of benzene rings is 1. The van der Waals surface area contributed by atoms with E-state index in [0.29, 0.717) is 11.2 Å². The van der Waals surface area contributed by atoms with E-state index in [4.69, 9.17) is 0 Å². The fourth-order valence-corrected chi connectivity index (χ4v) is 3.95. The second kappa shape index (κ2) is 5.38. The van der Waals surface area contributed by atoms with Crippen LogP contribution in [0, 0.1) is 6.92 Å². The quantitative estimate of drug-likeness (QED) is 0.745. The van der Waals surface area contributed by atoms with Crippen LogP contribution in [0.5, 0.6) is 0 Å². The first-order chi connectivity index (χ1) is 11.1. The zero-order valence-electron chi connectivity index (χ0n) is 12.9. The van der Waals surface area contributed by atoms with Gasteiger partial charge in [0.2, 0.25) is 0 Å². The number of amides is 1. The third kappa shape index (κ3) is 2.39. The maximum absolute atomic E-state index is 13.1. The van der Waals surface area contributed by atoms with Crippen LogP contribution in [0.15, 0.2) is 41.4 Å². The predicted molar refractivity (Wildman–Crippen MR) is 92.1 cm³/mol. The van der Waals surface area contributed by atoms with Crippen LogP contribution >= 0.6 is 11.8 Å². The minimum atomic E-state index is -0.0214. The van der Waals surface area contributed by atoms with Gasteiger partial charge in [0.25, 0.3) is 5.91 Å². The Labute approximate surface area is 138 Å². The van der Waals surface area contributed by atoms with Gasteiger partial charge in [0, 0.05) is 22.9 Å². The number of thioether (sulfide) groups is 1. The third-order valence-corrected chi connectivity index (χ3v) is 5.27. The van der Waals surface area contributed by atoms with Crippen LogP contribution in [0.1, 0.15) is 23.1 Å². The number of aromatic amines is 1. The first-order valence-electron chi connectivity index (χ1n) is 7.51. The highest BCUT2D eigenvalue weighted by molar-refractivity contribution is 7.99. The van der Waals surface area contributed by atoms with Crippen LogP contribution < -0.4 is 4.90 Å². The van der Waals surface area contributed by atoms with E-state index in [9.17, 15) is 4.79 Å². The Hall–Kier alpha value is -2.34. The molecule has 0 aliphatic carbocycles. The molecular weight excluding hydrogens is 308 g/mol. The molecule has 1 amide bonds. The molecule has 0 fully saturated rings. The van der Waals surface area contributed by atoms with E-state index in [2.05, 4.69) is 27.9 Å². The number of H-pyrrole nitrogens is 1. The molecule has 0 spiro atoms. The molecular formula is C17H16N4OS. The van der Waals surface area contributed by atoms with Gasteiger partial charge < -0.3 is 9.88 Å². The van der Waals surface area contributed by atoms with E-state index in [0.717, 1.165) is 27.7 Å². The van der Waals surface area contributed by atoms with E-state index in [1.165, 1.54) is 0 Å². The van der Waals surface area contributed by atoms with Gasteiger partial charge in [-0.25, -0.2) is 9.97 Å². The summed E-state index contributed by atoms with van der Waals surface area (Å²) in [5, 5.41) is 0. The first-order valence-corrected chi connectivity index (χ1v) is 8.50. The number of carbonyl (C=O) groups excluding carboxylic acids is 1. The molecule has 1 N–H and O–H groups in total. The topological polar surface area (TPSA) is 61.9 Å². The number of aryl methyl sites for hydroxylation is 1. The number of imidazole rings is 1. The van der Waals surface area contributed by atoms with Crippen LogP contribution in [-0.4, -0.2) is 32.7 Å². The van der Waals surface area contributed by atoms with Crippen molar-refractivity contribution in [2.45, 2.75) is 24.8 Å². The minimum Gasteiger partial charge on any atom is -0.341 e. The Balaban J connectivity index is 1.77. The Kier molecular flexibility index (Phi) is 3.34. The standard InChI is InChI=1S/C17H16N4OS/c1-10-9-23-15-6-4-3-5-14(15)21(10)17(22)12-7-13-16(18-8-12)20-11(2)19-13/h3-8,10H,9H2,1-2H3,(H,18,19,20). The Morgan fingerprint density at radius 3 is 3.09 bits per heavy atom. The van der Waals surface area contributed by atoms with E-state index < -0.39 is 0 Å². The Morgan fingerprint density at radius 1 is 1.39 bits per heavy atom. The average Bonchev–Trinajstić information content (AvgIpc) is 2.93. The van der Waals surface area contributed by atoms with Crippen LogP contribution in [0.2, 0.25) is 0 Å². The smallest absolute Gasteiger partial charge is 0.260 e. The lowest BCUT2D eigenvalue weighted by Crippen LogP contribution is -2.42. The Morgan fingerprint density at radius 2 is 2.22 bits per heavy atom. The van der Waals surface area contributed by atoms with Crippen molar-refractivity contribution in [2.24, 2.45) is 0 Å². The number of nitrogens with zero attached hydrogens (tertiary/aromatic N) is 3. The van der Waals surface area contributed by atoms with Crippen molar-refractivity contribution in [3.63, 3.8) is 0 Å². The Bertz CT molecular complexity index is 904. The fourth-order valence-electron chi connectivity index (χ4n) is 2.89. The molecule has 6 heteroatoms. The van der Waals surface area contributed by atoms with Crippen molar-refractivity contribution < 1.29 is 4.79 Å². The molecule has 0 bridgehead atoms. The summed E-state index contributed by atoms with van der Waals surface area (Å²) in [7, 11) is 0. The highest BCUT2D eigenvalue weighted by Crippen LogP contribution is 2.37. The van der Waals surface area contributed by atoms with Crippen molar-refractivity contribution in [1.82, 2.24) is 15.0 Å². The molecule has 2 aromatic heterocycles. The van der Waals surface area contributed by atoms with Crippen LogP contribution in [0.3, 0.4) is 0 Å². The molecule has 0 radical (unpaired) electrons. The number of para-hydroxylation sites is 1. The molecule has 0 saturated heterocycles. The maximum atomic E-state index is 13.1. The molecule has 5 nitrogen and oxygen atoms in total. The molecule has 3 aromatic rings. The second-order valence-corrected chi connectivity index (χ2v) is 6.78. The fraction of sp³-hybridized carbons (Fsp3) is 0.235. The normalized spacial score (nSPS) is 17.3. The lowest BCUT2D eigenvalue weighted by molar-refractivity contribution is 0.0979. The maximum Gasteiger partial charge on any atom is 0.260 e. The molecule has 1 unspecified atom stereocenters. The van der Waals surface area contributed by atoms with Gasteiger partial charge in [-0.05, 0) is 32.0 Å². The van der Waals surface area contributed by atoms with E-state index in [1.54, 1.807) is 18.0 Å². The SMILES string of the molecule is Cc1nc2ncc(C(=O)N3c4ccccc4SCC3C)cc2[nH]1. The monoisotopic (exact) mass is 324 g/mol. The summed E-state index contributed by atoms with van der Waals surface area (Å²) in [5.41, 5.74) is 2.99. The summed E-state index contributed by atoms with van der Waals surface area (Å²) in [6.07, 6.45) is 1.61. The number of aromatic nitrogens is 3. The molecule has 1 aliphatic rings. The van der Waals surface area contributed by atoms with Crippen molar-refractivity contribution in [3.05, 3.63) is 47.9 Å². The number of pyridine rings is 1. The number of carbonyl (C=O) groups is 1. The summed E-state index contributed by atoms with van der Waals surface area (Å²) in [4.78, 5) is 27.8. The molecule has 3 heterocycles. The second-order valence-electron chi connectivity index (χ2n) is 5.72. The summed E-state index contributed by atoms with van der Waals surface area (Å²) in [6.45, 7) is 3.95. The lowest BCUT2D eigenvalue weighted by Gasteiger charge is -2.34. The van der Waals surface area contributed by atoms with Gasteiger partial charge >= 0.3 is 0 Å². The number of nitrogens with one attached hydrogen (secondary N) is 1. The van der Waals surface area contributed by atoms with Crippen LogP contribution in [0.25, 0.3) is 11.2 Å². The molecule has 23 heavy (non-hydrogen) atoms. The summed E-state index contributed by atoms with van der Waals surface area (Å²) in [5.74, 6) is 1.67. The third-order valence-electron chi connectivity index (χ3n) is 3.97. The number of hydrogen-bond acceptors (Lipinski definition) is 4.